The van der Waals surface area contributed by atoms with Crippen LogP contribution in [0.1, 0.15) is 51.7 Å². The highest BCUT2D eigenvalue weighted by molar-refractivity contribution is 9.10. The third-order valence-corrected chi connectivity index (χ3v) is 4.86. The molecule has 2 rings (SSSR count). The lowest BCUT2D eigenvalue weighted by Crippen LogP contribution is -2.33. The van der Waals surface area contributed by atoms with Gasteiger partial charge in [0.2, 0.25) is 0 Å². The van der Waals surface area contributed by atoms with Crippen molar-refractivity contribution in [1.29, 1.82) is 0 Å². The molecule has 0 spiro atoms. The molecular formula is C16H23BrO2. The molecule has 0 fully saturated rings. The van der Waals surface area contributed by atoms with Crippen molar-refractivity contribution in [2.24, 2.45) is 0 Å². The molecule has 0 aromatic heterocycles. The third kappa shape index (κ3) is 2.82. The van der Waals surface area contributed by atoms with Gasteiger partial charge in [0, 0.05) is 7.11 Å². The van der Waals surface area contributed by atoms with Crippen LogP contribution in [0.2, 0.25) is 0 Å². The van der Waals surface area contributed by atoms with Gasteiger partial charge in [0.1, 0.15) is 5.75 Å². The molecule has 0 heterocycles. The second-order valence-corrected chi connectivity index (χ2v) is 7.50. The van der Waals surface area contributed by atoms with Crippen molar-refractivity contribution in [3.63, 3.8) is 0 Å². The second-order valence-electron chi connectivity index (χ2n) is 6.65. The number of benzene rings is 1. The zero-order valence-electron chi connectivity index (χ0n) is 12.5. The summed E-state index contributed by atoms with van der Waals surface area (Å²) >= 11 is 3.61. The Balaban J connectivity index is 2.52. The summed E-state index contributed by atoms with van der Waals surface area (Å²) in [6.07, 6.45) is 2.43. The van der Waals surface area contributed by atoms with Gasteiger partial charge in [-0.1, -0.05) is 27.7 Å². The van der Waals surface area contributed by atoms with E-state index in [0.29, 0.717) is 0 Å². The monoisotopic (exact) mass is 326 g/mol. The number of halogens is 1. The molecule has 0 unspecified atom stereocenters. The summed E-state index contributed by atoms with van der Waals surface area (Å²) in [6, 6.07) is 4.40. The third-order valence-electron chi connectivity index (χ3n) is 4.24. The van der Waals surface area contributed by atoms with E-state index < -0.39 is 0 Å². The minimum absolute atomic E-state index is 0.205. The van der Waals surface area contributed by atoms with E-state index in [1.54, 1.807) is 7.11 Å². The van der Waals surface area contributed by atoms with Gasteiger partial charge in [0.05, 0.1) is 4.47 Å². The Labute approximate surface area is 124 Å². The van der Waals surface area contributed by atoms with Crippen molar-refractivity contribution < 1.29 is 9.47 Å². The Bertz CT molecular complexity index is 478. The molecule has 1 aliphatic rings. The predicted molar refractivity (Wildman–Crippen MR) is 81.9 cm³/mol. The molecule has 0 radical (unpaired) electrons. The Morgan fingerprint density at radius 3 is 2.11 bits per heavy atom. The molecule has 0 aliphatic heterocycles. The maximum Gasteiger partial charge on any atom is 0.188 e. The van der Waals surface area contributed by atoms with Gasteiger partial charge < -0.3 is 9.47 Å². The predicted octanol–water partition coefficient (Wildman–Crippen LogP) is 4.78. The van der Waals surface area contributed by atoms with E-state index in [9.17, 15) is 0 Å². The van der Waals surface area contributed by atoms with E-state index in [4.69, 9.17) is 9.47 Å². The second kappa shape index (κ2) is 5.10. The summed E-state index contributed by atoms with van der Waals surface area (Å²) in [5.41, 5.74) is 3.27. The molecule has 1 aromatic rings. The standard InChI is InChI=1S/C16H23BrO2/c1-15(2)6-7-16(3,4)12-9-14(19-10-18-5)13(17)8-11(12)15/h8-9H,6-7,10H2,1-5H3. The van der Waals surface area contributed by atoms with Crippen molar-refractivity contribution in [2.45, 2.75) is 51.4 Å². The SMILES string of the molecule is COCOc1cc2c(cc1Br)C(C)(C)CCC2(C)C. The first-order valence-electron chi connectivity index (χ1n) is 6.74. The molecule has 2 nitrogen and oxygen atoms in total. The van der Waals surface area contributed by atoms with E-state index in [-0.39, 0.29) is 17.6 Å². The van der Waals surface area contributed by atoms with Crippen LogP contribution in [-0.4, -0.2) is 13.9 Å². The van der Waals surface area contributed by atoms with Gasteiger partial charge in [0.25, 0.3) is 0 Å². The summed E-state index contributed by atoms with van der Waals surface area (Å²) in [5.74, 6) is 0.867. The molecule has 0 N–H and O–H groups in total. The van der Waals surface area contributed by atoms with Crippen LogP contribution in [0.15, 0.2) is 16.6 Å². The molecule has 1 aromatic carbocycles. The van der Waals surface area contributed by atoms with Crippen LogP contribution in [-0.2, 0) is 15.6 Å². The minimum Gasteiger partial charge on any atom is -0.466 e. The number of fused-ring (bicyclic) bond motifs is 1. The normalized spacial score (nSPS) is 19.9. The summed E-state index contributed by atoms with van der Waals surface area (Å²) < 4.78 is 11.6. The molecule has 106 valence electrons. The van der Waals surface area contributed by atoms with Crippen molar-refractivity contribution in [2.75, 3.05) is 13.9 Å². The first-order valence-corrected chi connectivity index (χ1v) is 7.53. The van der Waals surface area contributed by atoms with Gasteiger partial charge in [-0.3, -0.25) is 0 Å². The number of hydrogen-bond donors (Lipinski definition) is 0. The average molecular weight is 327 g/mol. The molecule has 0 bridgehead atoms. The number of ether oxygens (including phenoxy) is 2. The molecule has 1 aliphatic carbocycles. The van der Waals surface area contributed by atoms with Crippen LogP contribution in [0.3, 0.4) is 0 Å². The van der Waals surface area contributed by atoms with Crippen molar-refractivity contribution >= 4 is 15.9 Å². The Morgan fingerprint density at radius 1 is 1.05 bits per heavy atom. The van der Waals surface area contributed by atoms with E-state index >= 15 is 0 Å². The molecule has 19 heavy (non-hydrogen) atoms. The van der Waals surface area contributed by atoms with Gasteiger partial charge in [-0.05, 0) is 62.9 Å². The number of hydrogen-bond acceptors (Lipinski definition) is 2. The van der Waals surface area contributed by atoms with Crippen LogP contribution in [0.4, 0.5) is 0 Å². The first kappa shape index (κ1) is 14.9. The fourth-order valence-corrected chi connectivity index (χ4v) is 3.26. The van der Waals surface area contributed by atoms with Crippen LogP contribution >= 0.6 is 15.9 Å². The van der Waals surface area contributed by atoms with Crippen LogP contribution in [0.5, 0.6) is 5.75 Å². The quantitative estimate of drug-likeness (QED) is 0.744. The summed E-state index contributed by atoms with van der Waals surface area (Å²) in [4.78, 5) is 0. The lowest BCUT2D eigenvalue weighted by atomic mass is 9.63. The van der Waals surface area contributed by atoms with Crippen LogP contribution < -0.4 is 4.74 Å². The molecule has 0 saturated carbocycles. The highest BCUT2D eigenvalue weighted by atomic mass is 79.9. The van der Waals surface area contributed by atoms with E-state index in [0.717, 1.165) is 10.2 Å². The average Bonchev–Trinajstić information content (AvgIpc) is 2.33. The first-order chi connectivity index (χ1) is 8.78. The lowest BCUT2D eigenvalue weighted by molar-refractivity contribution is 0.0504. The van der Waals surface area contributed by atoms with Crippen molar-refractivity contribution in [3.8, 4) is 5.75 Å². The number of methoxy groups -OCH3 is 1. The van der Waals surface area contributed by atoms with E-state index in [2.05, 4.69) is 55.8 Å². The molecule has 0 amide bonds. The Hall–Kier alpha value is -0.540. The van der Waals surface area contributed by atoms with Gasteiger partial charge in [0.15, 0.2) is 6.79 Å². The summed E-state index contributed by atoms with van der Waals surface area (Å²) in [7, 11) is 1.64. The zero-order chi connectivity index (χ0) is 14.3. The van der Waals surface area contributed by atoms with Gasteiger partial charge in [-0.2, -0.15) is 0 Å². The van der Waals surface area contributed by atoms with Crippen molar-refractivity contribution in [3.05, 3.63) is 27.7 Å². The van der Waals surface area contributed by atoms with Gasteiger partial charge in [-0.15, -0.1) is 0 Å². The molecule has 0 atom stereocenters. The smallest absolute Gasteiger partial charge is 0.188 e. The van der Waals surface area contributed by atoms with Crippen LogP contribution in [0, 0.1) is 0 Å². The topological polar surface area (TPSA) is 18.5 Å². The summed E-state index contributed by atoms with van der Waals surface area (Å²) in [5, 5.41) is 0. The fraction of sp³-hybridized carbons (Fsp3) is 0.625. The summed E-state index contributed by atoms with van der Waals surface area (Å²) in [6.45, 7) is 9.55. The maximum absolute atomic E-state index is 5.64. The largest absolute Gasteiger partial charge is 0.466 e. The zero-order valence-corrected chi connectivity index (χ0v) is 14.1. The van der Waals surface area contributed by atoms with Gasteiger partial charge in [-0.25, -0.2) is 0 Å². The van der Waals surface area contributed by atoms with Crippen molar-refractivity contribution in [1.82, 2.24) is 0 Å². The number of rotatable bonds is 3. The minimum atomic E-state index is 0.205. The molecule has 3 heteroatoms. The Kier molecular flexibility index (Phi) is 3.99. The lowest BCUT2D eigenvalue weighted by Gasteiger charge is -2.42. The highest BCUT2D eigenvalue weighted by Gasteiger charge is 2.37. The van der Waals surface area contributed by atoms with E-state index in [1.807, 2.05) is 0 Å². The fourth-order valence-electron chi connectivity index (χ4n) is 2.80. The van der Waals surface area contributed by atoms with E-state index in [1.165, 1.54) is 24.0 Å². The van der Waals surface area contributed by atoms with Gasteiger partial charge >= 0.3 is 0 Å². The Morgan fingerprint density at radius 2 is 1.58 bits per heavy atom. The van der Waals surface area contributed by atoms with Crippen LogP contribution in [0.25, 0.3) is 0 Å². The molecular weight excluding hydrogens is 304 g/mol. The molecule has 0 saturated heterocycles. The maximum atomic E-state index is 5.64. The highest BCUT2D eigenvalue weighted by Crippen LogP contribution is 2.48.